The van der Waals surface area contributed by atoms with Crippen molar-refractivity contribution >= 4 is 40.7 Å². The molecular weight excluding hydrogens is 637 g/mol. The lowest BCUT2D eigenvalue weighted by Crippen LogP contribution is -2.47. The third kappa shape index (κ3) is 10.9. The van der Waals surface area contributed by atoms with Crippen molar-refractivity contribution in [2.24, 2.45) is 5.92 Å². The molecule has 0 aliphatic carbocycles. The number of ether oxygens (including phenoxy) is 2. The highest BCUT2D eigenvalue weighted by atomic mass is 35.5. The smallest absolute Gasteiger partial charge is 0.258 e. The molecule has 0 saturated heterocycles. The van der Waals surface area contributed by atoms with E-state index in [0.717, 1.165) is 30.4 Å². The monoisotopic (exact) mass is 683 g/mol. The number of rotatable bonds is 9. The van der Waals surface area contributed by atoms with Crippen LogP contribution in [0.2, 0.25) is 10.0 Å². The molecule has 0 saturated carbocycles. The minimum absolute atomic E-state index is 0.0656. The first-order valence-electron chi connectivity index (χ1n) is 16.3. The molecule has 47 heavy (non-hydrogen) atoms. The topological polar surface area (TPSA) is 91.3 Å². The second-order valence-corrected chi connectivity index (χ2v) is 13.5. The van der Waals surface area contributed by atoms with Crippen LogP contribution in [0.25, 0.3) is 0 Å². The molecule has 254 valence electrons. The fraction of sp³-hybridized carbons (Fsp3) is 0.459. The minimum atomic E-state index is -0.464. The van der Waals surface area contributed by atoms with Gasteiger partial charge in [-0.2, -0.15) is 0 Å². The van der Waals surface area contributed by atoms with Crippen LogP contribution in [-0.4, -0.2) is 78.3 Å². The fourth-order valence-corrected chi connectivity index (χ4v) is 6.09. The number of hydrogen-bond acceptors (Lipinski definition) is 6. The van der Waals surface area contributed by atoms with Gasteiger partial charge >= 0.3 is 0 Å². The van der Waals surface area contributed by atoms with Gasteiger partial charge in [-0.25, -0.2) is 0 Å². The predicted molar refractivity (Wildman–Crippen MR) is 188 cm³/mol. The van der Waals surface area contributed by atoms with Crippen molar-refractivity contribution in [3.63, 3.8) is 0 Å². The average molecular weight is 685 g/mol. The van der Waals surface area contributed by atoms with Gasteiger partial charge in [-0.05, 0) is 81.6 Å². The van der Waals surface area contributed by atoms with E-state index in [9.17, 15) is 14.7 Å². The van der Waals surface area contributed by atoms with Gasteiger partial charge in [0.25, 0.3) is 5.91 Å². The summed E-state index contributed by atoms with van der Waals surface area (Å²) >= 11 is 12.4. The second-order valence-electron chi connectivity index (χ2n) is 12.7. The number of benzene rings is 3. The van der Waals surface area contributed by atoms with E-state index in [0.29, 0.717) is 53.3 Å². The number of nitrogens with one attached hydrogen (secondary N) is 1. The Hall–Kier alpha value is -3.14. The highest BCUT2D eigenvalue weighted by Crippen LogP contribution is 2.29. The molecule has 0 bridgehead atoms. The van der Waals surface area contributed by atoms with Gasteiger partial charge in [0.1, 0.15) is 5.75 Å². The Bertz CT molecular complexity index is 1470. The molecule has 0 radical (unpaired) electrons. The molecule has 2 N–H and O–H groups in total. The number of carbonyl (C=O) groups is 2. The Morgan fingerprint density at radius 2 is 1.81 bits per heavy atom. The van der Waals surface area contributed by atoms with Crippen molar-refractivity contribution in [2.45, 2.75) is 71.2 Å². The van der Waals surface area contributed by atoms with Crippen LogP contribution in [0.3, 0.4) is 0 Å². The maximum Gasteiger partial charge on any atom is 0.258 e. The summed E-state index contributed by atoms with van der Waals surface area (Å²) < 4.78 is 12.8. The molecule has 4 atom stereocenters. The standard InChI is InChI=1S/C37H47Cl2N3O5/c1-25-21-42(26(2)24-43)37(45)31-20-30(40-36(44)19-28-11-6-5-7-12-28)14-16-34(31)47-27(3)10-8-9-17-46-35(25)23-41(4)22-29-13-15-32(38)33(39)18-29/h5-7,11-16,18,20,25-27,35,43H,8-10,17,19,21-24H2,1-4H3,(H,40,44)/t25-,26-,27-,35+/m1/s1. The van der Waals surface area contributed by atoms with E-state index >= 15 is 0 Å². The molecule has 4 rings (SSSR count). The lowest BCUT2D eigenvalue weighted by atomic mass is 10.0. The van der Waals surface area contributed by atoms with Gasteiger partial charge in [0.15, 0.2) is 0 Å². The van der Waals surface area contributed by atoms with Gasteiger partial charge in [-0.15, -0.1) is 0 Å². The summed E-state index contributed by atoms with van der Waals surface area (Å²) in [5, 5.41) is 14.2. The molecule has 1 aliphatic rings. The number of anilines is 1. The molecule has 0 spiro atoms. The third-order valence-electron chi connectivity index (χ3n) is 8.47. The Kier molecular flexibility index (Phi) is 13.9. The van der Waals surface area contributed by atoms with Gasteiger partial charge in [-0.1, -0.05) is 66.5 Å². The van der Waals surface area contributed by atoms with Gasteiger partial charge in [0.2, 0.25) is 5.91 Å². The highest BCUT2D eigenvalue weighted by Gasteiger charge is 2.30. The van der Waals surface area contributed by atoms with Crippen LogP contribution in [0.5, 0.6) is 5.75 Å². The third-order valence-corrected chi connectivity index (χ3v) is 9.21. The number of aliphatic hydroxyl groups excluding tert-OH is 1. The van der Waals surface area contributed by atoms with E-state index in [1.54, 1.807) is 29.2 Å². The first kappa shape index (κ1) is 36.7. The average Bonchev–Trinajstić information content (AvgIpc) is 3.04. The van der Waals surface area contributed by atoms with Crippen molar-refractivity contribution in [3.05, 3.63) is 93.5 Å². The van der Waals surface area contributed by atoms with E-state index in [4.69, 9.17) is 32.7 Å². The van der Waals surface area contributed by atoms with Crippen molar-refractivity contribution in [3.8, 4) is 5.75 Å². The first-order chi connectivity index (χ1) is 22.5. The summed E-state index contributed by atoms with van der Waals surface area (Å²) in [6, 6.07) is 19.9. The number of likely N-dealkylation sites (N-methyl/N-ethyl adjacent to an activating group) is 1. The zero-order valence-electron chi connectivity index (χ0n) is 27.8. The first-order valence-corrected chi connectivity index (χ1v) is 17.1. The lowest BCUT2D eigenvalue weighted by molar-refractivity contribution is -0.115. The molecule has 8 nitrogen and oxygen atoms in total. The van der Waals surface area contributed by atoms with E-state index in [2.05, 4.69) is 17.1 Å². The molecule has 0 fully saturated rings. The number of fused-ring (bicyclic) bond motifs is 1. The lowest BCUT2D eigenvalue weighted by Gasteiger charge is -2.36. The molecule has 1 aliphatic heterocycles. The summed E-state index contributed by atoms with van der Waals surface area (Å²) in [5.74, 6) is -0.0699. The molecular formula is C37H47Cl2N3O5. The Morgan fingerprint density at radius 1 is 1.04 bits per heavy atom. The van der Waals surface area contributed by atoms with Crippen molar-refractivity contribution < 1.29 is 24.2 Å². The molecule has 1 heterocycles. The summed E-state index contributed by atoms with van der Waals surface area (Å²) in [7, 11) is 2.03. The second kappa shape index (κ2) is 17.9. The van der Waals surface area contributed by atoms with Crippen molar-refractivity contribution in [1.29, 1.82) is 0 Å². The van der Waals surface area contributed by atoms with E-state index < -0.39 is 6.04 Å². The summed E-state index contributed by atoms with van der Waals surface area (Å²) in [6.45, 7) is 7.92. The van der Waals surface area contributed by atoms with Gasteiger partial charge in [0, 0.05) is 37.8 Å². The maximum atomic E-state index is 14.4. The minimum Gasteiger partial charge on any atom is -0.490 e. The van der Waals surface area contributed by atoms with Gasteiger partial charge in [-0.3, -0.25) is 14.5 Å². The van der Waals surface area contributed by atoms with Crippen molar-refractivity contribution in [1.82, 2.24) is 9.80 Å². The van der Waals surface area contributed by atoms with Crippen LogP contribution in [0.4, 0.5) is 5.69 Å². The van der Waals surface area contributed by atoms with E-state index in [1.165, 1.54) is 0 Å². The quantitative estimate of drug-likeness (QED) is 0.250. The molecule has 0 unspecified atom stereocenters. The number of nitrogens with zero attached hydrogens (tertiary/aromatic N) is 2. The SMILES string of the molecule is C[C@@H]1CCCCO[C@@H](CN(C)Cc2ccc(Cl)c(Cl)c2)[C@H](C)CN([C@H](C)CO)C(=O)c2cc(NC(=O)Cc3ccccc3)ccc2O1. The van der Waals surface area contributed by atoms with Crippen LogP contribution in [0, 0.1) is 5.92 Å². The number of carbonyl (C=O) groups excluding carboxylic acids is 2. The highest BCUT2D eigenvalue weighted by molar-refractivity contribution is 6.42. The number of halogens is 2. The molecule has 10 heteroatoms. The normalized spacial score (nSPS) is 20.2. The van der Waals surface area contributed by atoms with Gasteiger partial charge in [0.05, 0.1) is 46.9 Å². The number of hydrogen-bond donors (Lipinski definition) is 2. The summed E-state index contributed by atoms with van der Waals surface area (Å²) in [5.41, 5.74) is 2.78. The zero-order valence-corrected chi connectivity index (χ0v) is 29.3. The van der Waals surface area contributed by atoms with Crippen LogP contribution in [0.1, 0.15) is 61.5 Å². The number of amides is 2. The molecule has 2 amide bonds. The predicted octanol–water partition coefficient (Wildman–Crippen LogP) is 7.10. The zero-order chi connectivity index (χ0) is 33.9. The van der Waals surface area contributed by atoms with E-state index in [1.807, 2.05) is 63.4 Å². The van der Waals surface area contributed by atoms with E-state index in [-0.39, 0.29) is 43.0 Å². The van der Waals surface area contributed by atoms with Crippen molar-refractivity contribution in [2.75, 3.05) is 38.7 Å². The largest absolute Gasteiger partial charge is 0.490 e. The van der Waals surface area contributed by atoms with Crippen LogP contribution < -0.4 is 10.1 Å². The molecule has 3 aromatic rings. The van der Waals surface area contributed by atoms with Gasteiger partial charge < -0.3 is 24.8 Å². The summed E-state index contributed by atoms with van der Waals surface area (Å²) in [6.07, 6.45) is 2.48. The fourth-order valence-electron chi connectivity index (χ4n) is 5.77. The summed E-state index contributed by atoms with van der Waals surface area (Å²) in [4.78, 5) is 31.1. The van der Waals surface area contributed by atoms with Crippen LogP contribution in [0.15, 0.2) is 66.7 Å². The maximum absolute atomic E-state index is 14.4. The molecule has 3 aromatic carbocycles. The molecule has 0 aromatic heterocycles. The van der Waals surface area contributed by atoms with Crippen LogP contribution >= 0.6 is 23.2 Å². The number of aliphatic hydroxyl groups is 1. The Balaban J connectivity index is 1.58. The van der Waals surface area contributed by atoms with Crippen LogP contribution in [-0.2, 0) is 22.5 Å². The Morgan fingerprint density at radius 3 is 2.53 bits per heavy atom. The Labute approximate surface area is 288 Å².